The summed E-state index contributed by atoms with van der Waals surface area (Å²) in [5, 5.41) is 23.1. The Balaban J connectivity index is 3.43. The maximum Gasteiger partial charge on any atom is 0.305 e. The molecule has 0 spiro atoms. The molecule has 0 saturated carbocycles. The van der Waals surface area contributed by atoms with Crippen molar-refractivity contribution in [2.24, 2.45) is 0 Å². The van der Waals surface area contributed by atoms with E-state index in [4.69, 9.17) is 4.74 Å². The molecular weight excluding hydrogens is 791 g/mol. The maximum atomic E-state index is 12.4. The average Bonchev–Trinajstić information content (AvgIpc) is 3.29. The molecule has 0 aliphatic rings. The van der Waals surface area contributed by atoms with Gasteiger partial charge in [0.2, 0.25) is 5.91 Å². The summed E-state index contributed by atoms with van der Waals surface area (Å²) in [5.41, 5.74) is 0. The van der Waals surface area contributed by atoms with Crippen LogP contribution in [0.25, 0.3) is 0 Å². The third kappa shape index (κ3) is 49.8. The number of hydrogen-bond acceptors (Lipinski definition) is 5. The SMILES string of the molecule is CCCCCCCCCCCCCCCCCCCCC(=O)OCCCCC/C=C\C=C/CCCCCCCCCCCCC(=O)NC(CO)C(O)CCCCCCCCCCCC. The Morgan fingerprint density at radius 3 is 1.16 bits per heavy atom. The van der Waals surface area contributed by atoms with Crippen molar-refractivity contribution in [1.29, 1.82) is 0 Å². The number of carbonyl (C=O) groups excluding carboxylic acids is 2. The van der Waals surface area contributed by atoms with Crippen molar-refractivity contribution in [3.63, 3.8) is 0 Å². The van der Waals surface area contributed by atoms with Gasteiger partial charge in [0.15, 0.2) is 0 Å². The average molecular weight is 903 g/mol. The molecule has 6 nitrogen and oxygen atoms in total. The van der Waals surface area contributed by atoms with E-state index in [0.717, 1.165) is 70.6 Å². The molecule has 2 unspecified atom stereocenters. The van der Waals surface area contributed by atoms with Crippen LogP contribution < -0.4 is 5.32 Å². The van der Waals surface area contributed by atoms with E-state index in [1.54, 1.807) is 0 Å². The minimum Gasteiger partial charge on any atom is -0.466 e. The van der Waals surface area contributed by atoms with Gasteiger partial charge in [0.25, 0.3) is 0 Å². The van der Waals surface area contributed by atoms with Gasteiger partial charge >= 0.3 is 5.97 Å². The molecular formula is C58H111NO5. The summed E-state index contributed by atoms with van der Waals surface area (Å²) >= 11 is 0. The van der Waals surface area contributed by atoms with E-state index >= 15 is 0 Å². The molecule has 0 aromatic carbocycles. The Morgan fingerprint density at radius 1 is 0.438 bits per heavy atom. The van der Waals surface area contributed by atoms with E-state index in [-0.39, 0.29) is 18.5 Å². The van der Waals surface area contributed by atoms with Gasteiger partial charge in [-0.25, -0.2) is 0 Å². The molecule has 0 heterocycles. The minimum atomic E-state index is -0.669. The number of hydrogen-bond donors (Lipinski definition) is 3. The number of unbranched alkanes of at least 4 members (excludes halogenated alkanes) is 39. The lowest BCUT2D eigenvalue weighted by Crippen LogP contribution is -2.45. The number of amides is 1. The number of ether oxygens (including phenoxy) is 1. The number of carbonyl (C=O) groups is 2. The highest BCUT2D eigenvalue weighted by molar-refractivity contribution is 5.76. The van der Waals surface area contributed by atoms with Crippen molar-refractivity contribution in [3.05, 3.63) is 24.3 Å². The smallest absolute Gasteiger partial charge is 0.305 e. The van der Waals surface area contributed by atoms with Gasteiger partial charge in [-0.2, -0.15) is 0 Å². The first-order chi connectivity index (χ1) is 31.5. The van der Waals surface area contributed by atoms with E-state index < -0.39 is 12.1 Å². The fourth-order valence-corrected chi connectivity index (χ4v) is 8.87. The fourth-order valence-electron chi connectivity index (χ4n) is 8.87. The van der Waals surface area contributed by atoms with Crippen molar-refractivity contribution in [2.45, 2.75) is 321 Å². The van der Waals surface area contributed by atoms with Crippen LogP contribution in [0.3, 0.4) is 0 Å². The Hall–Kier alpha value is -1.66. The zero-order valence-corrected chi connectivity index (χ0v) is 43.0. The van der Waals surface area contributed by atoms with Crippen molar-refractivity contribution in [1.82, 2.24) is 5.32 Å². The number of nitrogens with one attached hydrogen (secondary N) is 1. The van der Waals surface area contributed by atoms with Gasteiger partial charge in [-0.05, 0) is 57.8 Å². The topological polar surface area (TPSA) is 95.9 Å². The molecule has 0 aromatic heterocycles. The Morgan fingerprint density at radius 2 is 0.766 bits per heavy atom. The quantitative estimate of drug-likeness (QED) is 0.0321. The number of esters is 1. The number of aliphatic hydroxyl groups is 2. The van der Waals surface area contributed by atoms with Crippen LogP contribution in [0.1, 0.15) is 309 Å². The zero-order chi connectivity index (χ0) is 46.5. The first-order valence-corrected chi connectivity index (χ1v) is 28.6. The summed E-state index contributed by atoms with van der Waals surface area (Å²) < 4.78 is 5.47. The van der Waals surface area contributed by atoms with Crippen LogP contribution in [0.4, 0.5) is 0 Å². The summed E-state index contributed by atoms with van der Waals surface area (Å²) in [6.45, 7) is 4.91. The van der Waals surface area contributed by atoms with Crippen LogP contribution in [-0.2, 0) is 14.3 Å². The Bertz CT molecular complexity index is 997. The molecule has 0 rings (SSSR count). The van der Waals surface area contributed by atoms with E-state index in [0.29, 0.717) is 25.9 Å². The molecule has 6 heteroatoms. The molecule has 378 valence electrons. The maximum absolute atomic E-state index is 12.4. The monoisotopic (exact) mass is 902 g/mol. The molecule has 0 fully saturated rings. The van der Waals surface area contributed by atoms with Crippen molar-refractivity contribution in [3.8, 4) is 0 Å². The Kier molecular flexibility index (Phi) is 52.6. The molecule has 64 heavy (non-hydrogen) atoms. The second kappa shape index (κ2) is 54.0. The molecule has 1 amide bonds. The summed E-state index contributed by atoms with van der Waals surface area (Å²) in [6, 6.07) is -0.547. The predicted octanol–water partition coefficient (Wildman–Crippen LogP) is 17.5. The fraction of sp³-hybridized carbons (Fsp3) is 0.897. The number of allylic oxidation sites excluding steroid dienone is 4. The standard InChI is InChI=1S/C58H111NO5/c1-3-5-7-9-11-13-15-16-17-18-23-26-29-32-36-40-44-48-52-58(63)64-53-49-45-41-37-33-30-27-24-21-19-20-22-25-28-31-35-39-43-47-51-57(62)59-55(54-60)56(61)50-46-42-38-34-14-12-10-8-6-4-2/h24,27,30,33,55-56,60-61H,3-23,25-26,28-29,31-32,34-54H2,1-2H3,(H,59,62)/b27-24-,33-30-. The highest BCUT2D eigenvalue weighted by atomic mass is 16.5. The lowest BCUT2D eigenvalue weighted by atomic mass is 10.0. The van der Waals surface area contributed by atoms with Gasteiger partial charge in [-0.3, -0.25) is 9.59 Å². The van der Waals surface area contributed by atoms with Gasteiger partial charge in [-0.1, -0.05) is 263 Å². The van der Waals surface area contributed by atoms with Crippen LogP contribution in [0.5, 0.6) is 0 Å². The molecule has 0 radical (unpaired) electrons. The first-order valence-electron chi connectivity index (χ1n) is 28.6. The third-order valence-corrected chi connectivity index (χ3v) is 13.3. The van der Waals surface area contributed by atoms with Gasteiger partial charge in [-0.15, -0.1) is 0 Å². The van der Waals surface area contributed by atoms with Gasteiger partial charge < -0.3 is 20.3 Å². The van der Waals surface area contributed by atoms with Crippen LogP contribution in [0.15, 0.2) is 24.3 Å². The number of rotatable bonds is 53. The molecule has 3 N–H and O–H groups in total. The van der Waals surface area contributed by atoms with Crippen LogP contribution in [0, 0.1) is 0 Å². The van der Waals surface area contributed by atoms with E-state index in [1.165, 1.54) is 205 Å². The molecule has 0 bridgehead atoms. The summed E-state index contributed by atoms with van der Waals surface area (Å²) in [5.74, 6) is -0.0551. The molecule has 0 saturated heterocycles. The van der Waals surface area contributed by atoms with Gasteiger partial charge in [0, 0.05) is 12.8 Å². The molecule has 0 aliphatic heterocycles. The number of aliphatic hydroxyl groups excluding tert-OH is 2. The van der Waals surface area contributed by atoms with E-state index in [9.17, 15) is 19.8 Å². The highest BCUT2D eigenvalue weighted by Gasteiger charge is 2.20. The molecule has 0 aliphatic carbocycles. The predicted molar refractivity (Wildman–Crippen MR) is 278 cm³/mol. The summed E-state index contributed by atoms with van der Waals surface area (Å²) in [6.07, 6.45) is 64.6. The van der Waals surface area contributed by atoms with Crippen molar-refractivity contribution in [2.75, 3.05) is 13.2 Å². The van der Waals surface area contributed by atoms with E-state index in [1.807, 2.05) is 0 Å². The normalized spacial score (nSPS) is 12.8. The van der Waals surface area contributed by atoms with Crippen molar-refractivity contribution >= 4 is 11.9 Å². The van der Waals surface area contributed by atoms with Gasteiger partial charge in [0.1, 0.15) is 0 Å². The van der Waals surface area contributed by atoms with Gasteiger partial charge in [0.05, 0.1) is 25.4 Å². The van der Waals surface area contributed by atoms with Crippen molar-refractivity contribution < 1.29 is 24.5 Å². The molecule has 2 atom stereocenters. The van der Waals surface area contributed by atoms with Crippen LogP contribution >= 0.6 is 0 Å². The second-order valence-electron chi connectivity index (χ2n) is 19.7. The highest BCUT2D eigenvalue weighted by Crippen LogP contribution is 2.17. The molecule has 0 aromatic rings. The lowest BCUT2D eigenvalue weighted by Gasteiger charge is -2.22. The Labute approximate surface area is 399 Å². The first kappa shape index (κ1) is 62.3. The lowest BCUT2D eigenvalue weighted by molar-refractivity contribution is -0.143. The largest absolute Gasteiger partial charge is 0.466 e. The van der Waals surface area contributed by atoms with E-state index in [2.05, 4.69) is 43.5 Å². The third-order valence-electron chi connectivity index (χ3n) is 13.3. The summed E-state index contributed by atoms with van der Waals surface area (Å²) in [7, 11) is 0. The van der Waals surface area contributed by atoms with Crippen LogP contribution in [-0.4, -0.2) is 47.4 Å². The second-order valence-corrected chi connectivity index (χ2v) is 19.7. The summed E-state index contributed by atoms with van der Waals surface area (Å²) in [4.78, 5) is 24.5. The zero-order valence-electron chi connectivity index (χ0n) is 43.0. The minimum absolute atomic E-state index is 0.00901. The van der Waals surface area contributed by atoms with Crippen LogP contribution in [0.2, 0.25) is 0 Å².